The molecule has 0 radical (unpaired) electrons. The van der Waals surface area contributed by atoms with Crippen LogP contribution < -0.4 is 5.32 Å². The number of alkyl halides is 1. The molecule has 16 heavy (non-hydrogen) atoms. The maximum atomic E-state index is 11.0. The summed E-state index contributed by atoms with van der Waals surface area (Å²) in [6.45, 7) is 5.21. The largest absolute Gasteiger partial charge is 0.468 e. The lowest BCUT2D eigenvalue weighted by atomic mass is 10.3. The lowest BCUT2D eigenvalue weighted by Crippen LogP contribution is -2.30. The minimum absolute atomic E-state index is 0.244. The molecule has 0 aliphatic rings. The van der Waals surface area contributed by atoms with Crippen molar-refractivity contribution in [3.63, 3.8) is 0 Å². The molecule has 0 fully saturated rings. The summed E-state index contributed by atoms with van der Waals surface area (Å²) in [5.74, 6) is -0.244. The van der Waals surface area contributed by atoms with Crippen LogP contribution in [0.2, 0.25) is 0 Å². The molecule has 0 aliphatic carbocycles. The highest BCUT2D eigenvalue weighted by atomic mass is 79.9. The summed E-state index contributed by atoms with van der Waals surface area (Å²) in [4.78, 5) is 10.8. The number of hydrogen-bond donors (Lipinski definition) is 1. The van der Waals surface area contributed by atoms with Gasteiger partial charge in [0.05, 0.1) is 7.11 Å². The molecule has 5 heteroatoms. The van der Waals surface area contributed by atoms with E-state index in [9.17, 15) is 4.79 Å². The Morgan fingerprint density at radius 3 is 2.69 bits per heavy atom. The van der Waals surface area contributed by atoms with Crippen LogP contribution in [-0.4, -0.2) is 44.2 Å². The van der Waals surface area contributed by atoms with E-state index in [4.69, 9.17) is 4.74 Å². The minimum atomic E-state index is -0.265. The molecule has 0 aromatic rings. The van der Waals surface area contributed by atoms with Gasteiger partial charge in [0, 0.05) is 19.8 Å². The van der Waals surface area contributed by atoms with Gasteiger partial charge in [-0.15, -0.1) is 0 Å². The van der Waals surface area contributed by atoms with Crippen LogP contribution in [0.3, 0.4) is 0 Å². The molecule has 0 bridgehead atoms. The van der Waals surface area contributed by atoms with Crippen LogP contribution in [0.1, 0.15) is 26.2 Å². The first kappa shape index (κ1) is 15.9. The lowest BCUT2D eigenvalue weighted by Gasteiger charge is -2.09. The topological polar surface area (TPSA) is 47.6 Å². The van der Waals surface area contributed by atoms with Crippen molar-refractivity contribution in [3.05, 3.63) is 0 Å². The summed E-state index contributed by atoms with van der Waals surface area (Å²) >= 11 is 3.24. The van der Waals surface area contributed by atoms with Gasteiger partial charge in [-0.05, 0) is 19.4 Å². The van der Waals surface area contributed by atoms with Gasteiger partial charge in [0.15, 0.2) is 0 Å². The fourth-order valence-corrected chi connectivity index (χ4v) is 1.50. The summed E-state index contributed by atoms with van der Waals surface area (Å²) in [6.07, 6.45) is 3.26. The normalized spacial score (nSPS) is 12.4. The van der Waals surface area contributed by atoms with E-state index in [0.717, 1.165) is 32.6 Å². The highest BCUT2D eigenvalue weighted by molar-refractivity contribution is 9.10. The van der Waals surface area contributed by atoms with Gasteiger partial charge in [0.1, 0.15) is 4.83 Å². The molecule has 0 heterocycles. The highest BCUT2D eigenvalue weighted by Gasteiger charge is 2.13. The SMILES string of the molecule is CCCCOCCCNCC(Br)C(=O)OC. The van der Waals surface area contributed by atoms with Crippen molar-refractivity contribution in [1.82, 2.24) is 5.32 Å². The quantitative estimate of drug-likeness (QED) is 0.379. The van der Waals surface area contributed by atoms with E-state index in [0.29, 0.717) is 6.54 Å². The third-order valence-electron chi connectivity index (χ3n) is 2.06. The van der Waals surface area contributed by atoms with Crippen LogP contribution in [0, 0.1) is 0 Å². The van der Waals surface area contributed by atoms with Crippen LogP contribution in [0.5, 0.6) is 0 Å². The van der Waals surface area contributed by atoms with Crippen LogP contribution in [0.15, 0.2) is 0 Å². The van der Waals surface area contributed by atoms with Gasteiger partial charge < -0.3 is 14.8 Å². The number of hydrogen-bond acceptors (Lipinski definition) is 4. The van der Waals surface area contributed by atoms with Gasteiger partial charge in [-0.1, -0.05) is 29.3 Å². The van der Waals surface area contributed by atoms with Gasteiger partial charge in [-0.3, -0.25) is 4.79 Å². The molecule has 1 unspecified atom stereocenters. The molecule has 0 saturated heterocycles. The lowest BCUT2D eigenvalue weighted by molar-refractivity contribution is -0.139. The molecule has 0 amide bonds. The van der Waals surface area contributed by atoms with Gasteiger partial charge in [0.25, 0.3) is 0 Å². The average molecular weight is 296 g/mol. The number of rotatable bonds is 10. The van der Waals surface area contributed by atoms with Gasteiger partial charge in [-0.2, -0.15) is 0 Å². The average Bonchev–Trinajstić information content (AvgIpc) is 2.31. The number of ether oxygens (including phenoxy) is 2. The zero-order valence-electron chi connectivity index (χ0n) is 10.1. The Bertz CT molecular complexity index is 179. The molecule has 0 rings (SSSR count). The van der Waals surface area contributed by atoms with Crippen molar-refractivity contribution in [2.24, 2.45) is 0 Å². The Kier molecular flexibility index (Phi) is 11.3. The fourth-order valence-electron chi connectivity index (χ4n) is 1.09. The second-order valence-electron chi connectivity index (χ2n) is 3.51. The Labute approximate surface area is 106 Å². The third kappa shape index (κ3) is 9.12. The van der Waals surface area contributed by atoms with Crippen LogP contribution in [-0.2, 0) is 14.3 Å². The van der Waals surface area contributed by atoms with Crippen LogP contribution in [0.25, 0.3) is 0 Å². The molecule has 1 atom stereocenters. The van der Waals surface area contributed by atoms with Crippen molar-refractivity contribution in [2.45, 2.75) is 31.0 Å². The zero-order valence-corrected chi connectivity index (χ0v) is 11.7. The summed E-state index contributed by atoms with van der Waals surface area (Å²) in [5, 5.41) is 3.16. The summed E-state index contributed by atoms with van der Waals surface area (Å²) in [5.41, 5.74) is 0. The van der Waals surface area contributed by atoms with Crippen molar-refractivity contribution in [2.75, 3.05) is 33.4 Å². The Balaban J connectivity index is 3.17. The second-order valence-corrected chi connectivity index (χ2v) is 4.62. The first-order chi connectivity index (χ1) is 7.72. The maximum Gasteiger partial charge on any atom is 0.320 e. The number of methoxy groups -OCH3 is 1. The maximum absolute atomic E-state index is 11.0. The molecule has 0 saturated carbocycles. The van der Waals surface area contributed by atoms with E-state index >= 15 is 0 Å². The predicted molar refractivity (Wildman–Crippen MR) is 67.9 cm³/mol. The van der Waals surface area contributed by atoms with Crippen molar-refractivity contribution < 1.29 is 14.3 Å². The van der Waals surface area contributed by atoms with E-state index in [1.807, 2.05) is 0 Å². The monoisotopic (exact) mass is 295 g/mol. The third-order valence-corrected chi connectivity index (χ3v) is 2.76. The van der Waals surface area contributed by atoms with Gasteiger partial charge in [-0.25, -0.2) is 0 Å². The van der Waals surface area contributed by atoms with E-state index < -0.39 is 0 Å². The number of nitrogens with one attached hydrogen (secondary N) is 1. The van der Waals surface area contributed by atoms with E-state index in [1.54, 1.807) is 0 Å². The Morgan fingerprint density at radius 2 is 2.06 bits per heavy atom. The zero-order chi connectivity index (χ0) is 12.2. The molecule has 96 valence electrons. The van der Waals surface area contributed by atoms with Crippen molar-refractivity contribution in [1.29, 1.82) is 0 Å². The fraction of sp³-hybridized carbons (Fsp3) is 0.909. The van der Waals surface area contributed by atoms with E-state index in [1.165, 1.54) is 13.5 Å². The first-order valence-corrected chi connectivity index (χ1v) is 6.64. The molecular formula is C11H22BrNO3. The first-order valence-electron chi connectivity index (χ1n) is 5.72. The summed E-state index contributed by atoms with van der Waals surface area (Å²) < 4.78 is 9.99. The van der Waals surface area contributed by atoms with Gasteiger partial charge in [0.2, 0.25) is 0 Å². The molecule has 0 spiro atoms. The number of halogens is 1. The summed E-state index contributed by atoms with van der Waals surface area (Å²) in [7, 11) is 1.39. The van der Waals surface area contributed by atoms with Crippen LogP contribution >= 0.6 is 15.9 Å². The smallest absolute Gasteiger partial charge is 0.320 e. The second kappa shape index (κ2) is 11.4. The number of unbranched alkanes of at least 4 members (excludes halogenated alkanes) is 1. The summed E-state index contributed by atoms with van der Waals surface area (Å²) in [6, 6.07) is 0. The Morgan fingerprint density at radius 1 is 1.38 bits per heavy atom. The number of carbonyl (C=O) groups excluding carboxylic acids is 1. The Hall–Kier alpha value is -0.130. The molecule has 1 N–H and O–H groups in total. The standard InChI is InChI=1S/C11H22BrNO3/c1-3-4-7-16-8-5-6-13-9-10(12)11(14)15-2/h10,13H,3-9H2,1-2H3. The van der Waals surface area contributed by atoms with Crippen LogP contribution in [0.4, 0.5) is 0 Å². The van der Waals surface area contributed by atoms with E-state index in [2.05, 4.69) is 32.9 Å². The van der Waals surface area contributed by atoms with Crippen molar-refractivity contribution >= 4 is 21.9 Å². The molecular weight excluding hydrogens is 274 g/mol. The van der Waals surface area contributed by atoms with E-state index in [-0.39, 0.29) is 10.8 Å². The minimum Gasteiger partial charge on any atom is -0.468 e. The predicted octanol–water partition coefficient (Wildman–Crippen LogP) is 1.72. The molecule has 0 aliphatic heterocycles. The van der Waals surface area contributed by atoms with Gasteiger partial charge >= 0.3 is 5.97 Å². The molecule has 4 nitrogen and oxygen atoms in total. The molecule has 0 aromatic heterocycles. The van der Waals surface area contributed by atoms with Crippen molar-refractivity contribution in [3.8, 4) is 0 Å². The number of esters is 1. The number of carbonyl (C=O) groups is 1. The molecule has 0 aromatic carbocycles. The highest BCUT2D eigenvalue weighted by Crippen LogP contribution is 1.99.